The van der Waals surface area contributed by atoms with Gasteiger partial charge in [0, 0.05) is 34.2 Å². The van der Waals surface area contributed by atoms with E-state index in [2.05, 4.69) is 31.5 Å². The van der Waals surface area contributed by atoms with Crippen molar-refractivity contribution in [1.29, 1.82) is 0 Å². The minimum Gasteiger partial charge on any atom is -0.497 e. The van der Waals surface area contributed by atoms with Crippen molar-refractivity contribution >= 4 is 44.0 Å². The number of thiazole rings is 1. The van der Waals surface area contributed by atoms with Gasteiger partial charge in [0.2, 0.25) is 0 Å². The Balaban J connectivity index is 1.46. The zero-order valence-electron chi connectivity index (χ0n) is 15.9. The highest BCUT2D eigenvalue weighted by atomic mass is 79.9. The van der Waals surface area contributed by atoms with Crippen LogP contribution in [0.15, 0.2) is 52.3 Å². The fourth-order valence-electron chi connectivity index (χ4n) is 3.02. The molecule has 0 aliphatic carbocycles. The second-order valence-corrected chi connectivity index (χ2v) is 8.18. The van der Waals surface area contributed by atoms with Crippen LogP contribution in [0.4, 0.5) is 10.8 Å². The van der Waals surface area contributed by atoms with Gasteiger partial charge in [-0.3, -0.25) is 4.79 Å². The highest BCUT2D eigenvalue weighted by Gasteiger charge is 2.16. The summed E-state index contributed by atoms with van der Waals surface area (Å²) in [6, 6.07) is 13.0. The van der Waals surface area contributed by atoms with Gasteiger partial charge >= 0.3 is 0 Å². The Labute approximate surface area is 181 Å². The summed E-state index contributed by atoms with van der Waals surface area (Å²) in [5.74, 6) is 0.431. The maximum Gasteiger partial charge on any atom is 0.256 e. The molecule has 6 nitrogen and oxygen atoms in total. The molecule has 0 atom stereocenters. The van der Waals surface area contributed by atoms with Gasteiger partial charge in [0.05, 0.1) is 31.6 Å². The van der Waals surface area contributed by atoms with Crippen LogP contribution < -0.4 is 15.0 Å². The number of benzene rings is 2. The standard InChI is InChI=1S/C21H20BrN3O3S/c1-27-16-6-7-18(22)17(12-16)20(26)23-15-4-2-14(3-5-15)19-13-29-21(24-19)25-8-10-28-11-9-25/h2-7,12-13H,8-11H2,1H3,(H,23,26). The number of rotatable bonds is 5. The third kappa shape index (κ3) is 4.60. The monoisotopic (exact) mass is 473 g/mol. The predicted octanol–water partition coefficient (Wildman–Crippen LogP) is 4.67. The summed E-state index contributed by atoms with van der Waals surface area (Å²) in [4.78, 5) is 19.6. The van der Waals surface area contributed by atoms with Crippen LogP contribution in [0.1, 0.15) is 10.4 Å². The zero-order valence-corrected chi connectivity index (χ0v) is 18.3. The summed E-state index contributed by atoms with van der Waals surface area (Å²) < 4.78 is 11.3. The Morgan fingerprint density at radius 3 is 2.69 bits per heavy atom. The summed E-state index contributed by atoms with van der Waals surface area (Å²) in [5.41, 5.74) is 3.19. The molecule has 1 fully saturated rings. The van der Waals surface area contributed by atoms with E-state index in [0.29, 0.717) is 15.8 Å². The second kappa shape index (κ2) is 8.94. The van der Waals surface area contributed by atoms with Crippen LogP contribution in [-0.2, 0) is 4.74 Å². The molecule has 1 N–H and O–H groups in total. The molecule has 0 spiro atoms. The number of nitrogens with zero attached hydrogens (tertiary/aromatic N) is 2. The zero-order chi connectivity index (χ0) is 20.2. The molecular weight excluding hydrogens is 454 g/mol. The first-order chi connectivity index (χ1) is 14.1. The van der Waals surface area contributed by atoms with Crippen molar-refractivity contribution in [2.75, 3.05) is 43.6 Å². The molecule has 2 heterocycles. The number of anilines is 2. The molecule has 0 unspecified atom stereocenters. The lowest BCUT2D eigenvalue weighted by atomic mass is 10.1. The predicted molar refractivity (Wildman–Crippen MR) is 119 cm³/mol. The molecule has 1 amide bonds. The molecule has 29 heavy (non-hydrogen) atoms. The Hall–Kier alpha value is -2.42. The van der Waals surface area contributed by atoms with E-state index in [1.807, 2.05) is 24.3 Å². The fourth-order valence-corrected chi connectivity index (χ4v) is 4.34. The number of methoxy groups -OCH3 is 1. The number of morpholine rings is 1. The summed E-state index contributed by atoms with van der Waals surface area (Å²) >= 11 is 5.06. The van der Waals surface area contributed by atoms with Gasteiger partial charge in [-0.1, -0.05) is 12.1 Å². The number of halogens is 1. The summed E-state index contributed by atoms with van der Waals surface area (Å²) in [7, 11) is 1.58. The Morgan fingerprint density at radius 1 is 1.21 bits per heavy atom. The number of nitrogens with one attached hydrogen (secondary N) is 1. The lowest BCUT2D eigenvalue weighted by Gasteiger charge is -2.26. The lowest BCUT2D eigenvalue weighted by Crippen LogP contribution is -2.36. The molecule has 1 aromatic heterocycles. The fraction of sp³-hybridized carbons (Fsp3) is 0.238. The minimum absolute atomic E-state index is 0.202. The Morgan fingerprint density at radius 2 is 1.97 bits per heavy atom. The largest absolute Gasteiger partial charge is 0.497 e. The average molecular weight is 474 g/mol. The number of aromatic nitrogens is 1. The van der Waals surface area contributed by atoms with Gasteiger partial charge in [0.25, 0.3) is 5.91 Å². The Bertz CT molecular complexity index is 1000. The van der Waals surface area contributed by atoms with Gasteiger partial charge in [-0.05, 0) is 46.3 Å². The molecule has 8 heteroatoms. The van der Waals surface area contributed by atoms with Crippen LogP contribution in [0.5, 0.6) is 5.75 Å². The van der Waals surface area contributed by atoms with Crippen molar-refractivity contribution in [3.63, 3.8) is 0 Å². The van der Waals surface area contributed by atoms with Crippen LogP contribution >= 0.6 is 27.3 Å². The van der Waals surface area contributed by atoms with Gasteiger partial charge in [0.1, 0.15) is 5.75 Å². The van der Waals surface area contributed by atoms with E-state index in [-0.39, 0.29) is 5.91 Å². The molecule has 0 saturated carbocycles. The average Bonchev–Trinajstić information content (AvgIpc) is 3.25. The summed E-state index contributed by atoms with van der Waals surface area (Å²) in [6.45, 7) is 3.23. The quantitative estimate of drug-likeness (QED) is 0.583. The van der Waals surface area contributed by atoms with E-state index < -0.39 is 0 Å². The molecule has 1 aliphatic heterocycles. The van der Waals surface area contributed by atoms with Crippen LogP contribution in [0.2, 0.25) is 0 Å². The van der Waals surface area contributed by atoms with E-state index >= 15 is 0 Å². The maximum atomic E-state index is 12.6. The molecule has 2 aromatic carbocycles. The molecule has 4 rings (SSSR count). The highest BCUT2D eigenvalue weighted by Crippen LogP contribution is 2.29. The van der Waals surface area contributed by atoms with E-state index in [1.165, 1.54) is 0 Å². The minimum atomic E-state index is -0.202. The van der Waals surface area contributed by atoms with Gasteiger partial charge in [0.15, 0.2) is 5.13 Å². The molecule has 3 aromatic rings. The van der Waals surface area contributed by atoms with E-state index in [9.17, 15) is 4.79 Å². The number of carbonyl (C=O) groups excluding carboxylic acids is 1. The third-order valence-electron chi connectivity index (χ3n) is 4.63. The van der Waals surface area contributed by atoms with E-state index in [1.54, 1.807) is 36.6 Å². The number of carbonyl (C=O) groups is 1. The van der Waals surface area contributed by atoms with Crippen molar-refractivity contribution in [2.45, 2.75) is 0 Å². The van der Waals surface area contributed by atoms with Crippen LogP contribution in [0.3, 0.4) is 0 Å². The number of hydrogen-bond donors (Lipinski definition) is 1. The van der Waals surface area contributed by atoms with E-state index in [0.717, 1.165) is 48.4 Å². The first kappa shape index (κ1) is 19.9. The maximum absolute atomic E-state index is 12.6. The highest BCUT2D eigenvalue weighted by molar-refractivity contribution is 9.10. The first-order valence-electron chi connectivity index (χ1n) is 9.17. The van der Waals surface area contributed by atoms with Crippen molar-refractivity contribution in [2.24, 2.45) is 0 Å². The van der Waals surface area contributed by atoms with Gasteiger partial charge in [-0.15, -0.1) is 11.3 Å². The van der Waals surface area contributed by atoms with Gasteiger partial charge < -0.3 is 19.7 Å². The molecule has 0 radical (unpaired) electrons. The van der Waals surface area contributed by atoms with Gasteiger partial charge in [-0.2, -0.15) is 0 Å². The Kier molecular flexibility index (Phi) is 6.13. The SMILES string of the molecule is COc1ccc(Br)c(C(=O)Nc2ccc(-c3csc(N4CCOCC4)n3)cc2)c1. The van der Waals surface area contributed by atoms with Gasteiger partial charge in [-0.25, -0.2) is 4.98 Å². The molecule has 1 aliphatic rings. The molecule has 1 saturated heterocycles. The number of amides is 1. The smallest absolute Gasteiger partial charge is 0.256 e. The van der Waals surface area contributed by atoms with Crippen molar-refractivity contribution in [1.82, 2.24) is 4.98 Å². The van der Waals surface area contributed by atoms with Crippen LogP contribution in [0.25, 0.3) is 11.3 Å². The lowest BCUT2D eigenvalue weighted by molar-refractivity contribution is 0.102. The molecular formula is C21H20BrN3O3S. The van der Waals surface area contributed by atoms with Crippen LogP contribution in [-0.4, -0.2) is 44.3 Å². The third-order valence-corrected chi connectivity index (χ3v) is 6.22. The van der Waals surface area contributed by atoms with Crippen molar-refractivity contribution in [3.8, 4) is 17.0 Å². The van der Waals surface area contributed by atoms with Crippen molar-refractivity contribution in [3.05, 3.63) is 57.9 Å². The van der Waals surface area contributed by atoms with E-state index in [4.69, 9.17) is 14.5 Å². The van der Waals surface area contributed by atoms with Crippen molar-refractivity contribution < 1.29 is 14.3 Å². The summed E-state index contributed by atoms with van der Waals surface area (Å²) in [5, 5.41) is 6.00. The molecule has 0 bridgehead atoms. The topological polar surface area (TPSA) is 63.7 Å². The molecule has 150 valence electrons. The van der Waals surface area contributed by atoms with Crippen LogP contribution in [0, 0.1) is 0 Å². The first-order valence-corrected chi connectivity index (χ1v) is 10.8. The normalized spacial score (nSPS) is 13.9. The number of ether oxygens (including phenoxy) is 2. The summed E-state index contributed by atoms with van der Waals surface area (Å²) in [6.07, 6.45) is 0. The second-order valence-electron chi connectivity index (χ2n) is 6.49. The number of hydrogen-bond acceptors (Lipinski definition) is 6.